The fraction of sp³-hybridized carbons (Fsp3) is 0.500. The molecule has 1 aliphatic heterocycles. The normalized spacial score (nSPS) is 18.9. The molecule has 21 heavy (non-hydrogen) atoms. The Morgan fingerprint density at radius 3 is 3.05 bits per heavy atom. The number of aromatic nitrogens is 2. The number of halogens is 1. The van der Waals surface area contributed by atoms with E-state index in [-0.39, 0.29) is 0 Å². The molecule has 0 unspecified atom stereocenters. The highest BCUT2D eigenvalue weighted by Gasteiger charge is 2.15. The minimum Gasteiger partial charge on any atom is -0.339 e. The molecule has 0 spiro atoms. The highest BCUT2D eigenvalue weighted by molar-refractivity contribution is 9.10. The number of hydrogen-bond donors (Lipinski definition) is 1. The Kier molecular flexibility index (Phi) is 4.70. The van der Waals surface area contributed by atoms with Crippen molar-refractivity contribution < 1.29 is 4.52 Å². The molecule has 1 aromatic carbocycles. The fourth-order valence-electron chi connectivity index (χ4n) is 2.73. The summed E-state index contributed by atoms with van der Waals surface area (Å²) in [4.78, 5) is 4.51. The first kappa shape index (κ1) is 14.7. The zero-order chi connectivity index (χ0) is 14.7. The number of piperidine rings is 1. The van der Waals surface area contributed by atoms with Gasteiger partial charge in [-0.1, -0.05) is 27.5 Å². The maximum Gasteiger partial charge on any atom is 0.227 e. The van der Waals surface area contributed by atoms with Gasteiger partial charge in [0.25, 0.3) is 0 Å². The minimum absolute atomic E-state index is 0.601. The van der Waals surface area contributed by atoms with Crippen LogP contribution in [0.15, 0.2) is 27.2 Å². The van der Waals surface area contributed by atoms with Crippen LogP contribution in [0, 0.1) is 6.92 Å². The van der Waals surface area contributed by atoms with Gasteiger partial charge in [0, 0.05) is 22.5 Å². The third kappa shape index (κ3) is 3.71. The van der Waals surface area contributed by atoms with E-state index in [4.69, 9.17) is 4.52 Å². The first-order valence-electron chi connectivity index (χ1n) is 7.55. The minimum atomic E-state index is 0.601. The van der Waals surface area contributed by atoms with Crippen molar-refractivity contribution in [1.29, 1.82) is 0 Å². The van der Waals surface area contributed by atoms with E-state index >= 15 is 0 Å². The third-order valence-corrected chi connectivity index (χ3v) is 4.89. The molecule has 2 aromatic rings. The third-order valence-electron chi connectivity index (χ3n) is 4.00. The Morgan fingerprint density at radius 1 is 1.38 bits per heavy atom. The van der Waals surface area contributed by atoms with E-state index in [0.29, 0.717) is 11.9 Å². The number of aryl methyl sites for hydroxylation is 2. The maximum absolute atomic E-state index is 5.38. The Morgan fingerprint density at radius 2 is 2.29 bits per heavy atom. The van der Waals surface area contributed by atoms with Crippen LogP contribution < -0.4 is 5.32 Å². The van der Waals surface area contributed by atoms with Gasteiger partial charge in [0.15, 0.2) is 0 Å². The number of benzene rings is 1. The molecule has 3 rings (SSSR count). The Hall–Kier alpha value is -1.20. The average molecular weight is 350 g/mol. The highest BCUT2D eigenvalue weighted by Crippen LogP contribution is 2.23. The number of rotatable bonds is 4. The number of nitrogens with zero attached hydrogens (tertiary/aromatic N) is 2. The second kappa shape index (κ2) is 6.71. The number of hydrogen-bond acceptors (Lipinski definition) is 4. The van der Waals surface area contributed by atoms with Crippen LogP contribution >= 0.6 is 15.9 Å². The number of nitrogens with one attached hydrogen (secondary N) is 1. The van der Waals surface area contributed by atoms with Gasteiger partial charge in [-0.25, -0.2) is 0 Å². The van der Waals surface area contributed by atoms with E-state index in [2.05, 4.69) is 44.4 Å². The molecule has 1 aliphatic rings. The van der Waals surface area contributed by atoms with Gasteiger partial charge in [-0.2, -0.15) is 4.98 Å². The van der Waals surface area contributed by atoms with Gasteiger partial charge in [0.2, 0.25) is 11.7 Å². The molecule has 0 bridgehead atoms. The Bertz CT molecular complexity index is 605. The van der Waals surface area contributed by atoms with Crippen molar-refractivity contribution in [1.82, 2.24) is 15.5 Å². The molecule has 5 heteroatoms. The molecular formula is C16H20BrN3O. The highest BCUT2D eigenvalue weighted by atomic mass is 79.9. The van der Waals surface area contributed by atoms with Crippen LogP contribution in [0.3, 0.4) is 0 Å². The second-order valence-corrected chi connectivity index (χ2v) is 6.52. The summed E-state index contributed by atoms with van der Waals surface area (Å²) in [5.41, 5.74) is 2.17. The lowest BCUT2D eigenvalue weighted by Gasteiger charge is -2.22. The van der Waals surface area contributed by atoms with E-state index in [9.17, 15) is 0 Å². The average Bonchev–Trinajstić information content (AvgIpc) is 2.98. The van der Waals surface area contributed by atoms with Crippen LogP contribution in [0.1, 0.15) is 37.1 Å². The molecule has 2 heterocycles. The van der Waals surface area contributed by atoms with E-state index in [1.807, 2.05) is 12.1 Å². The lowest BCUT2D eigenvalue weighted by Crippen LogP contribution is -2.34. The summed E-state index contributed by atoms with van der Waals surface area (Å²) in [6.07, 6.45) is 5.79. The van der Waals surface area contributed by atoms with Crippen molar-refractivity contribution in [2.75, 3.05) is 6.54 Å². The van der Waals surface area contributed by atoms with Crippen LogP contribution in [0.25, 0.3) is 11.4 Å². The monoisotopic (exact) mass is 349 g/mol. The predicted octanol–water partition coefficient (Wildman–Crippen LogP) is 3.88. The largest absolute Gasteiger partial charge is 0.339 e. The molecule has 112 valence electrons. The lowest BCUT2D eigenvalue weighted by molar-refractivity contribution is 0.342. The Labute approximate surface area is 133 Å². The fourth-order valence-corrected chi connectivity index (χ4v) is 2.97. The van der Waals surface area contributed by atoms with Crippen molar-refractivity contribution >= 4 is 15.9 Å². The van der Waals surface area contributed by atoms with Crippen LogP contribution in [0.5, 0.6) is 0 Å². The molecule has 0 saturated carbocycles. The van der Waals surface area contributed by atoms with E-state index in [1.54, 1.807) is 0 Å². The van der Waals surface area contributed by atoms with Gasteiger partial charge in [-0.05, 0) is 56.5 Å². The molecule has 1 N–H and O–H groups in total. The van der Waals surface area contributed by atoms with Crippen LogP contribution in [0.4, 0.5) is 0 Å². The van der Waals surface area contributed by atoms with Crippen LogP contribution in [0.2, 0.25) is 0 Å². The maximum atomic E-state index is 5.38. The first-order chi connectivity index (χ1) is 10.2. The van der Waals surface area contributed by atoms with Gasteiger partial charge in [0.1, 0.15) is 0 Å². The summed E-state index contributed by atoms with van der Waals surface area (Å²) >= 11 is 3.50. The van der Waals surface area contributed by atoms with Crippen molar-refractivity contribution in [3.8, 4) is 11.4 Å². The lowest BCUT2D eigenvalue weighted by atomic mass is 10.0. The molecule has 4 nitrogen and oxygen atoms in total. The summed E-state index contributed by atoms with van der Waals surface area (Å²) < 4.78 is 6.48. The molecule has 0 amide bonds. The van der Waals surface area contributed by atoms with Crippen LogP contribution in [-0.4, -0.2) is 22.7 Å². The quantitative estimate of drug-likeness (QED) is 0.909. The van der Waals surface area contributed by atoms with Gasteiger partial charge in [-0.3, -0.25) is 0 Å². The van der Waals surface area contributed by atoms with E-state index in [1.165, 1.54) is 24.8 Å². The predicted molar refractivity (Wildman–Crippen MR) is 86.1 cm³/mol. The summed E-state index contributed by atoms with van der Waals surface area (Å²) in [6, 6.07) is 6.70. The SMILES string of the molecule is Cc1cc(-c2noc(CC[C@H]3CCCCN3)n2)ccc1Br. The van der Waals surface area contributed by atoms with E-state index < -0.39 is 0 Å². The summed E-state index contributed by atoms with van der Waals surface area (Å²) in [7, 11) is 0. The van der Waals surface area contributed by atoms with Crippen molar-refractivity contribution in [3.05, 3.63) is 34.1 Å². The smallest absolute Gasteiger partial charge is 0.227 e. The molecule has 1 aromatic heterocycles. The van der Waals surface area contributed by atoms with E-state index in [0.717, 1.165) is 35.3 Å². The Balaban J connectivity index is 1.63. The topological polar surface area (TPSA) is 51.0 Å². The second-order valence-electron chi connectivity index (χ2n) is 5.66. The molecule has 0 radical (unpaired) electrons. The molecule has 1 fully saturated rings. The van der Waals surface area contributed by atoms with Crippen molar-refractivity contribution in [3.63, 3.8) is 0 Å². The first-order valence-corrected chi connectivity index (χ1v) is 8.34. The zero-order valence-corrected chi connectivity index (χ0v) is 13.8. The van der Waals surface area contributed by atoms with Gasteiger partial charge < -0.3 is 9.84 Å². The van der Waals surface area contributed by atoms with Crippen LogP contribution in [-0.2, 0) is 6.42 Å². The molecule has 1 saturated heterocycles. The van der Waals surface area contributed by atoms with Gasteiger partial charge in [0.05, 0.1) is 0 Å². The van der Waals surface area contributed by atoms with Crippen molar-refractivity contribution in [2.45, 2.75) is 45.1 Å². The van der Waals surface area contributed by atoms with Gasteiger partial charge >= 0.3 is 0 Å². The van der Waals surface area contributed by atoms with Gasteiger partial charge in [-0.15, -0.1) is 0 Å². The molecular weight excluding hydrogens is 330 g/mol. The summed E-state index contributed by atoms with van der Waals surface area (Å²) in [5, 5.41) is 7.65. The molecule has 1 atom stereocenters. The zero-order valence-electron chi connectivity index (χ0n) is 12.2. The molecule has 0 aliphatic carbocycles. The summed E-state index contributed by atoms with van der Waals surface area (Å²) in [5.74, 6) is 1.41. The summed E-state index contributed by atoms with van der Waals surface area (Å²) in [6.45, 7) is 3.20. The van der Waals surface area contributed by atoms with Crippen molar-refractivity contribution in [2.24, 2.45) is 0 Å². The standard InChI is InChI=1S/C16H20BrN3O/c1-11-10-12(5-7-14(11)17)16-19-15(21-20-16)8-6-13-4-2-3-9-18-13/h5,7,10,13,18H,2-4,6,8-9H2,1H3/t13-/m1/s1.